The highest BCUT2D eigenvalue weighted by atomic mass is 15.3. The van der Waals surface area contributed by atoms with Gasteiger partial charge in [0.05, 0.1) is 17.6 Å². The zero-order valence-corrected chi connectivity index (χ0v) is 13.0. The number of nitrogens with two attached hydrogens (primary N) is 1. The molecular formula is C16H28N4. The Kier molecular flexibility index (Phi) is 5.38. The quantitative estimate of drug-likeness (QED) is 0.866. The van der Waals surface area contributed by atoms with Crippen LogP contribution in [0.5, 0.6) is 0 Å². The van der Waals surface area contributed by atoms with Gasteiger partial charge in [-0.1, -0.05) is 20.8 Å². The number of nitrogens with zero attached hydrogens (tertiary/aromatic N) is 3. The third-order valence-electron chi connectivity index (χ3n) is 4.45. The summed E-state index contributed by atoms with van der Waals surface area (Å²) in [5.74, 6) is 0. The minimum Gasteiger partial charge on any atom is -0.369 e. The molecule has 112 valence electrons. The molecule has 0 amide bonds. The van der Waals surface area contributed by atoms with Crippen LogP contribution in [0.3, 0.4) is 0 Å². The van der Waals surface area contributed by atoms with Gasteiger partial charge in [-0.25, -0.2) is 0 Å². The van der Waals surface area contributed by atoms with Gasteiger partial charge in [0, 0.05) is 25.2 Å². The summed E-state index contributed by atoms with van der Waals surface area (Å²) in [5.41, 5.74) is 8.24. The Balaban J connectivity index is 1.99. The van der Waals surface area contributed by atoms with Crippen molar-refractivity contribution in [1.29, 1.82) is 0 Å². The number of aromatic nitrogens is 1. The van der Waals surface area contributed by atoms with Crippen molar-refractivity contribution in [2.75, 3.05) is 31.1 Å². The van der Waals surface area contributed by atoms with Crippen LogP contribution in [0, 0.1) is 0 Å². The van der Waals surface area contributed by atoms with Crippen molar-refractivity contribution < 1.29 is 0 Å². The standard InChI is InChI=1S/C16H28N4/c1-4-15(17)16-8-7-13(11-18-16)20-10-9-14(12-20)19(5-2)6-3/h7-8,11,14-15H,4-6,9-10,12,17H2,1-3H3/t14?,15-/m1/s1. The molecule has 0 saturated carbocycles. The van der Waals surface area contributed by atoms with Gasteiger partial charge in [0.1, 0.15) is 0 Å². The molecule has 1 unspecified atom stereocenters. The third kappa shape index (κ3) is 3.30. The highest BCUT2D eigenvalue weighted by Crippen LogP contribution is 2.23. The predicted octanol–water partition coefficient (Wildman–Crippen LogP) is 2.41. The van der Waals surface area contributed by atoms with Crippen LogP contribution in [0.2, 0.25) is 0 Å². The maximum absolute atomic E-state index is 6.01. The Hall–Kier alpha value is -1.13. The Labute approximate surface area is 123 Å². The van der Waals surface area contributed by atoms with Gasteiger partial charge in [0.15, 0.2) is 0 Å². The molecule has 2 rings (SSSR count). The molecule has 0 aliphatic carbocycles. The first kappa shape index (κ1) is 15.3. The average molecular weight is 276 g/mol. The summed E-state index contributed by atoms with van der Waals surface area (Å²) in [6.45, 7) is 11.1. The molecule has 1 aromatic heterocycles. The predicted molar refractivity (Wildman–Crippen MR) is 85.0 cm³/mol. The fourth-order valence-corrected chi connectivity index (χ4v) is 3.03. The van der Waals surface area contributed by atoms with E-state index in [4.69, 9.17) is 5.73 Å². The van der Waals surface area contributed by atoms with Crippen molar-refractivity contribution in [3.63, 3.8) is 0 Å². The number of hydrogen-bond acceptors (Lipinski definition) is 4. The van der Waals surface area contributed by atoms with Crippen LogP contribution >= 0.6 is 0 Å². The van der Waals surface area contributed by atoms with Crippen molar-refractivity contribution in [1.82, 2.24) is 9.88 Å². The van der Waals surface area contributed by atoms with Crippen LogP contribution in [0.15, 0.2) is 18.3 Å². The van der Waals surface area contributed by atoms with E-state index >= 15 is 0 Å². The van der Waals surface area contributed by atoms with Crippen LogP contribution in [-0.4, -0.2) is 42.1 Å². The lowest BCUT2D eigenvalue weighted by atomic mass is 10.1. The second kappa shape index (κ2) is 7.04. The second-order valence-electron chi connectivity index (χ2n) is 5.57. The van der Waals surface area contributed by atoms with Gasteiger partial charge in [-0.05, 0) is 38.1 Å². The lowest BCUT2D eigenvalue weighted by molar-refractivity contribution is 0.232. The highest BCUT2D eigenvalue weighted by molar-refractivity contribution is 5.46. The lowest BCUT2D eigenvalue weighted by Gasteiger charge is -2.26. The number of rotatable bonds is 6. The van der Waals surface area contributed by atoms with Crippen molar-refractivity contribution >= 4 is 5.69 Å². The lowest BCUT2D eigenvalue weighted by Crippen LogP contribution is -2.37. The SMILES string of the molecule is CC[C@@H](N)c1ccc(N2CCC(N(CC)CC)C2)cn1. The van der Waals surface area contributed by atoms with Crippen molar-refractivity contribution in [2.24, 2.45) is 5.73 Å². The Morgan fingerprint density at radius 3 is 2.65 bits per heavy atom. The molecule has 1 fully saturated rings. The summed E-state index contributed by atoms with van der Waals surface area (Å²) in [7, 11) is 0. The average Bonchev–Trinajstić information content (AvgIpc) is 2.97. The zero-order chi connectivity index (χ0) is 14.5. The van der Waals surface area contributed by atoms with E-state index in [0.717, 1.165) is 38.3 Å². The van der Waals surface area contributed by atoms with Gasteiger partial charge in [-0.15, -0.1) is 0 Å². The van der Waals surface area contributed by atoms with Crippen molar-refractivity contribution in [3.05, 3.63) is 24.0 Å². The van der Waals surface area contributed by atoms with E-state index in [9.17, 15) is 0 Å². The summed E-state index contributed by atoms with van der Waals surface area (Å²) in [4.78, 5) is 9.52. The molecule has 1 aromatic rings. The highest BCUT2D eigenvalue weighted by Gasteiger charge is 2.26. The summed E-state index contributed by atoms with van der Waals surface area (Å²) in [6.07, 6.45) is 4.16. The largest absolute Gasteiger partial charge is 0.369 e. The fraction of sp³-hybridized carbons (Fsp3) is 0.688. The molecule has 1 aliphatic rings. The minimum absolute atomic E-state index is 0.0612. The number of likely N-dealkylation sites (N-methyl/N-ethyl adjacent to an activating group) is 1. The smallest absolute Gasteiger partial charge is 0.0572 e. The van der Waals surface area contributed by atoms with Gasteiger partial charge in [0.2, 0.25) is 0 Å². The van der Waals surface area contributed by atoms with E-state index in [1.54, 1.807) is 0 Å². The van der Waals surface area contributed by atoms with E-state index in [2.05, 4.69) is 47.7 Å². The Bertz CT molecular complexity index is 399. The third-order valence-corrected chi connectivity index (χ3v) is 4.45. The van der Waals surface area contributed by atoms with Gasteiger partial charge >= 0.3 is 0 Å². The molecule has 4 nitrogen and oxygen atoms in total. The molecule has 0 spiro atoms. The molecule has 0 aromatic carbocycles. The monoisotopic (exact) mass is 276 g/mol. The van der Waals surface area contributed by atoms with E-state index in [0.29, 0.717) is 6.04 Å². The van der Waals surface area contributed by atoms with E-state index < -0.39 is 0 Å². The van der Waals surface area contributed by atoms with Crippen molar-refractivity contribution in [3.8, 4) is 0 Å². The van der Waals surface area contributed by atoms with Crippen LogP contribution in [0.4, 0.5) is 5.69 Å². The summed E-state index contributed by atoms with van der Waals surface area (Å²) >= 11 is 0. The molecule has 4 heteroatoms. The summed E-state index contributed by atoms with van der Waals surface area (Å²) < 4.78 is 0. The molecule has 20 heavy (non-hydrogen) atoms. The first-order chi connectivity index (χ1) is 9.69. The summed E-state index contributed by atoms with van der Waals surface area (Å²) in [6, 6.07) is 4.99. The number of pyridine rings is 1. The van der Waals surface area contributed by atoms with Gasteiger partial charge < -0.3 is 10.6 Å². The first-order valence-electron chi connectivity index (χ1n) is 7.90. The number of hydrogen-bond donors (Lipinski definition) is 1. The molecule has 0 radical (unpaired) electrons. The zero-order valence-electron chi connectivity index (χ0n) is 13.0. The van der Waals surface area contributed by atoms with Crippen molar-refractivity contribution in [2.45, 2.75) is 45.7 Å². The fourth-order valence-electron chi connectivity index (χ4n) is 3.03. The van der Waals surface area contributed by atoms with Gasteiger partial charge in [0.25, 0.3) is 0 Å². The van der Waals surface area contributed by atoms with Crippen LogP contribution < -0.4 is 10.6 Å². The van der Waals surface area contributed by atoms with Crippen LogP contribution in [-0.2, 0) is 0 Å². The Morgan fingerprint density at radius 1 is 1.35 bits per heavy atom. The van der Waals surface area contributed by atoms with Crippen LogP contribution in [0.1, 0.15) is 45.3 Å². The van der Waals surface area contributed by atoms with Gasteiger partial charge in [-0.2, -0.15) is 0 Å². The Morgan fingerprint density at radius 2 is 2.10 bits per heavy atom. The van der Waals surface area contributed by atoms with Crippen LogP contribution in [0.25, 0.3) is 0 Å². The molecule has 1 aliphatic heterocycles. The minimum atomic E-state index is 0.0612. The molecular weight excluding hydrogens is 248 g/mol. The van der Waals surface area contributed by atoms with E-state index in [-0.39, 0.29) is 6.04 Å². The molecule has 1 saturated heterocycles. The number of anilines is 1. The second-order valence-corrected chi connectivity index (χ2v) is 5.57. The maximum Gasteiger partial charge on any atom is 0.0572 e. The molecule has 2 atom stereocenters. The first-order valence-corrected chi connectivity index (χ1v) is 7.90. The van der Waals surface area contributed by atoms with Gasteiger partial charge in [-0.3, -0.25) is 9.88 Å². The topological polar surface area (TPSA) is 45.4 Å². The van der Waals surface area contributed by atoms with E-state index in [1.807, 2.05) is 6.20 Å². The maximum atomic E-state index is 6.01. The molecule has 2 N–H and O–H groups in total. The molecule has 0 bridgehead atoms. The van der Waals surface area contributed by atoms with E-state index in [1.165, 1.54) is 12.1 Å². The molecule has 2 heterocycles. The summed E-state index contributed by atoms with van der Waals surface area (Å²) in [5, 5.41) is 0. The normalized spacial score (nSPS) is 20.6.